The molecule has 0 radical (unpaired) electrons. The maximum Gasteiger partial charge on any atom is 0.281 e. The van der Waals surface area contributed by atoms with Crippen LogP contribution in [0, 0.1) is 0 Å². The van der Waals surface area contributed by atoms with Gasteiger partial charge in [-0.05, 0) is 24.3 Å². The third-order valence-electron chi connectivity index (χ3n) is 3.04. The first-order valence-electron chi connectivity index (χ1n) is 6.69. The number of anilines is 1. The van der Waals surface area contributed by atoms with Crippen LogP contribution in [0.3, 0.4) is 0 Å². The van der Waals surface area contributed by atoms with Crippen molar-refractivity contribution in [2.75, 3.05) is 12.4 Å². The molecule has 6 heteroatoms. The van der Waals surface area contributed by atoms with E-state index < -0.39 is 0 Å². The highest BCUT2D eigenvalue weighted by atomic mass is 16.5. The number of methoxy groups -OCH3 is 1. The summed E-state index contributed by atoms with van der Waals surface area (Å²) in [5.74, 6) is 0.492. The van der Waals surface area contributed by atoms with Gasteiger partial charge in [0.25, 0.3) is 5.91 Å². The topological polar surface area (TPSA) is 69.0 Å². The smallest absolute Gasteiger partial charge is 0.281 e. The van der Waals surface area contributed by atoms with Crippen LogP contribution in [0.1, 0.15) is 10.5 Å². The number of amides is 1. The highest BCUT2D eigenvalue weighted by molar-refractivity contribution is 6.04. The van der Waals surface area contributed by atoms with E-state index in [-0.39, 0.29) is 11.6 Å². The van der Waals surface area contributed by atoms with Crippen molar-refractivity contribution in [2.45, 2.75) is 0 Å². The number of benzene rings is 1. The van der Waals surface area contributed by atoms with Crippen molar-refractivity contribution >= 4 is 11.7 Å². The zero-order chi connectivity index (χ0) is 15.4. The van der Waals surface area contributed by atoms with Crippen molar-refractivity contribution in [3.63, 3.8) is 0 Å². The molecule has 0 aliphatic rings. The number of nitrogens with zero attached hydrogens (tertiary/aromatic N) is 3. The maximum absolute atomic E-state index is 12.3. The Labute approximate surface area is 127 Å². The van der Waals surface area contributed by atoms with Crippen LogP contribution in [-0.4, -0.2) is 27.8 Å². The van der Waals surface area contributed by atoms with Crippen molar-refractivity contribution in [3.05, 3.63) is 66.6 Å². The molecule has 0 fully saturated rings. The van der Waals surface area contributed by atoms with Crippen LogP contribution < -0.4 is 10.1 Å². The van der Waals surface area contributed by atoms with Crippen LogP contribution >= 0.6 is 0 Å². The number of aromatic nitrogens is 3. The zero-order valence-electron chi connectivity index (χ0n) is 11.9. The Bertz CT molecular complexity index is 769. The normalized spacial score (nSPS) is 10.2. The zero-order valence-corrected chi connectivity index (χ0v) is 11.9. The van der Waals surface area contributed by atoms with E-state index in [1.165, 1.54) is 7.11 Å². The van der Waals surface area contributed by atoms with Gasteiger partial charge in [0.1, 0.15) is 5.82 Å². The van der Waals surface area contributed by atoms with E-state index in [4.69, 9.17) is 4.74 Å². The molecule has 110 valence electrons. The minimum atomic E-state index is -0.370. The van der Waals surface area contributed by atoms with Crippen molar-refractivity contribution in [3.8, 4) is 11.4 Å². The number of nitrogens with one attached hydrogen (secondary N) is 1. The number of hydrogen-bond donors (Lipinski definition) is 1. The Kier molecular flexibility index (Phi) is 3.82. The Morgan fingerprint density at radius 3 is 2.59 bits per heavy atom. The van der Waals surface area contributed by atoms with Gasteiger partial charge in [0.2, 0.25) is 0 Å². The summed E-state index contributed by atoms with van der Waals surface area (Å²) in [4.78, 5) is 16.4. The molecule has 3 rings (SSSR count). The molecule has 1 aromatic carbocycles. The van der Waals surface area contributed by atoms with E-state index in [2.05, 4.69) is 15.4 Å². The third-order valence-corrected chi connectivity index (χ3v) is 3.04. The average molecular weight is 294 g/mol. The molecular formula is C16H14N4O2. The Hall–Kier alpha value is -3.15. The fraction of sp³-hybridized carbons (Fsp3) is 0.0625. The van der Waals surface area contributed by atoms with Crippen molar-refractivity contribution in [2.24, 2.45) is 0 Å². The van der Waals surface area contributed by atoms with Gasteiger partial charge < -0.3 is 10.1 Å². The summed E-state index contributed by atoms with van der Waals surface area (Å²) >= 11 is 0. The molecule has 1 amide bonds. The quantitative estimate of drug-likeness (QED) is 0.802. The number of rotatable bonds is 4. The number of hydrogen-bond acceptors (Lipinski definition) is 4. The molecule has 0 saturated heterocycles. The standard InChI is InChI=1S/C16H14N4O2/c1-22-13-11-20(12-7-3-2-4-8-12)19-15(13)16(21)18-14-9-5-6-10-17-14/h2-11H,1H3,(H,17,18,21). The molecule has 3 aromatic rings. The minimum absolute atomic E-state index is 0.206. The Morgan fingerprint density at radius 2 is 1.91 bits per heavy atom. The molecule has 0 aliphatic heterocycles. The highest BCUT2D eigenvalue weighted by Crippen LogP contribution is 2.20. The van der Waals surface area contributed by atoms with E-state index in [0.717, 1.165) is 5.69 Å². The second-order valence-corrected chi connectivity index (χ2v) is 4.50. The summed E-state index contributed by atoms with van der Waals surface area (Å²) in [5, 5.41) is 6.99. The van der Waals surface area contributed by atoms with Gasteiger partial charge in [-0.1, -0.05) is 24.3 Å². The van der Waals surface area contributed by atoms with Crippen molar-refractivity contribution in [1.29, 1.82) is 0 Å². The first kappa shape index (κ1) is 13.8. The molecule has 1 N–H and O–H groups in total. The van der Waals surface area contributed by atoms with Crippen LogP contribution in [0.2, 0.25) is 0 Å². The van der Waals surface area contributed by atoms with E-state index in [9.17, 15) is 4.79 Å². The molecule has 6 nitrogen and oxygen atoms in total. The maximum atomic E-state index is 12.3. The average Bonchev–Trinajstić information content (AvgIpc) is 3.01. The van der Waals surface area contributed by atoms with Gasteiger partial charge >= 0.3 is 0 Å². The van der Waals surface area contributed by atoms with E-state index in [0.29, 0.717) is 11.6 Å². The van der Waals surface area contributed by atoms with Gasteiger partial charge in [0.05, 0.1) is 19.0 Å². The molecule has 2 aromatic heterocycles. The van der Waals surface area contributed by atoms with Gasteiger partial charge in [-0.15, -0.1) is 0 Å². The van der Waals surface area contributed by atoms with Gasteiger partial charge in [-0.25, -0.2) is 9.67 Å². The van der Waals surface area contributed by atoms with Gasteiger partial charge in [0, 0.05) is 6.20 Å². The van der Waals surface area contributed by atoms with Gasteiger partial charge in [-0.2, -0.15) is 5.10 Å². The van der Waals surface area contributed by atoms with E-state index in [1.807, 2.05) is 30.3 Å². The summed E-state index contributed by atoms with van der Waals surface area (Å²) in [6.45, 7) is 0. The minimum Gasteiger partial charge on any atom is -0.493 e. The van der Waals surface area contributed by atoms with Crippen molar-refractivity contribution < 1.29 is 9.53 Å². The fourth-order valence-corrected chi connectivity index (χ4v) is 1.99. The fourth-order valence-electron chi connectivity index (χ4n) is 1.99. The Balaban J connectivity index is 1.90. The summed E-state index contributed by atoms with van der Waals surface area (Å²) in [7, 11) is 1.50. The summed E-state index contributed by atoms with van der Waals surface area (Å²) in [6, 6.07) is 14.8. The number of pyridine rings is 1. The lowest BCUT2D eigenvalue weighted by atomic mass is 10.3. The number of carbonyl (C=O) groups is 1. The predicted octanol–water partition coefficient (Wildman–Crippen LogP) is 2.53. The molecule has 2 heterocycles. The Morgan fingerprint density at radius 1 is 1.14 bits per heavy atom. The molecule has 0 atom stereocenters. The lowest BCUT2D eigenvalue weighted by Gasteiger charge is -2.03. The third kappa shape index (κ3) is 2.80. The van der Waals surface area contributed by atoms with Crippen LogP contribution in [-0.2, 0) is 0 Å². The molecule has 22 heavy (non-hydrogen) atoms. The van der Waals surface area contributed by atoms with E-state index in [1.54, 1.807) is 35.3 Å². The summed E-state index contributed by atoms with van der Waals surface area (Å²) in [5.41, 5.74) is 1.05. The number of para-hydroxylation sites is 1. The van der Waals surface area contributed by atoms with Crippen LogP contribution in [0.5, 0.6) is 5.75 Å². The molecule has 0 aliphatic carbocycles. The van der Waals surface area contributed by atoms with E-state index >= 15 is 0 Å². The molecule has 0 bridgehead atoms. The first-order chi connectivity index (χ1) is 10.8. The first-order valence-corrected chi connectivity index (χ1v) is 6.69. The van der Waals surface area contributed by atoms with Crippen molar-refractivity contribution in [1.82, 2.24) is 14.8 Å². The predicted molar refractivity (Wildman–Crippen MR) is 82.3 cm³/mol. The molecule has 0 spiro atoms. The largest absolute Gasteiger partial charge is 0.493 e. The van der Waals surface area contributed by atoms with Crippen LogP contribution in [0.25, 0.3) is 5.69 Å². The second-order valence-electron chi connectivity index (χ2n) is 4.50. The molecule has 0 unspecified atom stereocenters. The second kappa shape index (κ2) is 6.09. The number of ether oxygens (including phenoxy) is 1. The lowest BCUT2D eigenvalue weighted by molar-refractivity contribution is 0.101. The lowest BCUT2D eigenvalue weighted by Crippen LogP contribution is -2.14. The number of carbonyl (C=O) groups excluding carboxylic acids is 1. The molecular weight excluding hydrogens is 280 g/mol. The SMILES string of the molecule is COc1cn(-c2ccccc2)nc1C(=O)Nc1ccccn1. The highest BCUT2D eigenvalue weighted by Gasteiger charge is 2.18. The summed E-state index contributed by atoms with van der Waals surface area (Å²) < 4.78 is 6.85. The van der Waals surface area contributed by atoms with Gasteiger partial charge in [0.15, 0.2) is 11.4 Å². The van der Waals surface area contributed by atoms with Crippen LogP contribution in [0.4, 0.5) is 5.82 Å². The monoisotopic (exact) mass is 294 g/mol. The molecule has 0 saturated carbocycles. The summed E-state index contributed by atoms with van der Waals surface area (Å²) in [6.07, 6.45) is 3.28. The van der Waals surface area contributed by atoms with Gasteiger partial charge in [-0.3, -0.25) is 4.79 Å². The van der Waals surface area contributed by atoms with Crippen LogP contribution in [0.15, 0.2) is 60.9 Å².